The van der Waals surface area contributed by atoms with E-state index in [0.717, 1.165) is 19.3 Å². The van der Waals surface area contributed by atoms with Gasteiger partial charge in [0.15, 0.2) is 0 Å². The Kier molecular flexibility index (Phi) is 2.09. The summed E-state index contributed by atoms with van der Waals surface area (Å²) in [6, 6.07) is 0. The first-order chi connectivity index (χ1) is 6.12. The molecule has 2 bridgehead atoms. The van der Waals surface area contributed by atoms with Gasteiger partial charge in [-0.25, -0.2) is 0 Å². The summed E-state index contributed by atoms with van der Waals surface area (Å²) < 4.78 is 5.47. The molecule has 2 saturated heterocycles. The minimum absolute atomic E-state index is 0.0512. The minimum Gasteiger partial charge on any atom is -0.462 e. The molecule has 0 spiro atoms. The lowest BCUT2D eigenvalue weighted by Crippen LogP contribution is -2.43. The van der Waals surface area contributed by atoms with Crippen molar-refractivity contribution in [3.05, 3.63) is 0 Å². The normalized spacial score (nSPS) is 45.2. The fourth-order valence-corrected chi connectivity index (χ4v) is 2.53. The first-order valence-electron chi connectivity index (χ1n) is 5.33. The van der Waals surface area contributed by atoms with Gasteiger partial charge in [0, 0.05) is 0 Å². The second-order valence-corrected chi connectivity index (χ2v) is 4.91. The Balaban J connectivity index is 2.19. The molecule has 0 aromatic carbocycles. The third kappa shape index (κ3) is 1.47. The van der Waals surface area contributed by atoms with Gasteiger partial charge in [-0.15, -0.1) is 0 Å². The van der Waals surface area contributed by atoms with Crippen LogP contribution in [0.5, 0.6) is 0 Å². The van der Waals surface area contributed by atoms with E-state index in [1.165, 1.54) is 12.8 Å². The quantitative estimate of drug-likeness (QED) is 0.538. The molecule has 0 radical (unpaired) electrons. The van der Waals surface area contributed by atoms with Gasteiger partial charge in [-0.3, -0.25) is 4.79 Å². The number of hydrogen-bond donors (Lipinski definition) is 0. The highest BCUT2D eigenvalue weighted by Gasteiger charge is 2.43. The number of fused-ring (bicyclic) bond motifs is 5. The summed E-state index contributed by atoms with van der Waals surface area (Å²) in [7, 11) is 0. The zero-order valence-corrected chi connectivity index (χ0v) is 8.51. The fourth-order valence-electron chi connectivity index (χ4n) is 2.53. The van der Waals surface area contributed by atoms with E-state index in [1.807, 2.05) is 0 Å². The third-order valence-corrected chi connectivity index (χ3v) is 3.75. The molecule has 3 rings (SSSR count). The lowest BCUT2D eigenvalue weighted by atomic mass is 9.73. The molecule has 2 aliphatic heterocycles. The van der Waals surface area contributed by atoms with Crippen molar-refractivity contribution < 1.29 is 9.53 Å². The molecule has 0 aromatic heterocycles. The van der Waals surface area contributed by atoms with Crippen LogP contribution in [0.15, 0.2) is 0 Å². The summed E-state index contributed by atoms with van der Waals surface area (Å²) in [5.74, 6) is 0.615. The summed E-state index contributed by atoms with van der Waals surface area (Å²) in [5.41, 5.74) is -0.156. The molecule has 3 aliphatic rings. The molecule has 2 heteroatoms. The predicted octanol–water partition coefficient (Wildman–Crippen LogP) is 2.52. The van der Waals surface area contributed by atoms with E-state index in [-0.39, 0.29) is 17.5 Å². The van der Waals surface area contributed by atoms with Crippen molar-refractivity contribution >= 4 is 5.97 Å². The molecule has 1 aliphatic carbocycles. The van der Waals surface area contributed by atoms with E-state index >= 15 is 0 Å². The molecule has 74 valence electrons. The molecular formula is C11H18O2. The second kappa shape index (κ2) is 3.00. The van der Waals surface area contributed by atoms with Crippen LogP contribution in [0.3, 0.4) is 0 Å². The number of carbonyl (C=O) groups is 1. The summed E-state index contributed by atoms with van der Waals surface area (Å²) in [4.78, 5) is 11.7. The van der Waals surface area contributed by atoms with E-state index in [0.29, 0.717) is 5.92 Å². The minimum atomic E-state index is -0.156. The van der Waals surface area contributed by atoms with E-state index < -0.39 is 0 Å². The Morgan fingerprint density at radius 2 is 2.15 bits per heavy atom. The van der Waals surface area contributed by atoms with Crippen LogP contribution in [0, 0.1) is 11.3 Å². The van der Waals surface area contributed by atoms with Crippen LogP contribution in [-0.4, -0.2) is 12.1 Å². The molecule has 13 heavy (non-hydrogen) atoms. The fraction of sp³-hybridized carbons (Fsp3) is 0.909. The highest BCUT2D eigenvalue weighted by molar-refractivity contribution is 5.77. The second-order valence-electron chi connectivity index (χ2n) is 4.91. The molecule has 3 fully saturated rings. The van der Waals surface area contributed by atoms with Crippen LogP contribution in [0.1, 0.15) is 46.0 Å². The Bertz CT molecular complexity index is 220. The van der Waals surface area contributed by atoms with E-state index in [4.69, 9.17) is 4.74 Å². The van der Waals surface area contributed by atoms with Crippen molar-refractivity contribution in [3.63, 3.8) is 0 Å². The summed E-state index contributed by atoms with van der Waals surface area (Å²) >= 11 is 0. The summed E-state index contributed by atoms with van der Waals surface area (Å²) in [5, 5.41) is 0. The molecule has 0 aromatic rings. The highest BCUT2D eigenvalue weighted by Crippen LogP contribution is 2.42. The number of carbonyl (C=O) groups excluding carboxylic acids is 1. The topological polar surface area (TPSA) is 26.3 Å². The highest BCUT2D eigenvalue weighted by atomic mass is 16.5. The molecule has 3 atom stereocenters. The lowest BCUT2D eigenvalue weighted by molar-refractivity contribution is -0.175. The maximum Gasteiger partial charge on any atom is 0.312 e. The van der Waals surface area contributed by atoms with Crippen LogP contribution >= 0.6 is 0 Å². The third-order valence-electron chi connectivity index (χ3n) is 3.75. The van der Waals surface area contributed by atoms with Gasteiger partial charge in [0.1, 0.15) is 6.10 Å². The maximum absolute atomic E-state index is 11.7. The van der Waals surface area contributed by atoms with Crippen molar-refractivity contribution in [2.75, 3.05) is 0 Å². The zero-order valence-electron chi connectivity index (χ0n) is 8.51. The van der Waals surface area contributed by atoms with E-state index in [9.17, 15) is 4.79 Å². The van der Waals surface area contributed by atoms with Crippen LogP contribution in [0.2, 0.25) is 0 Å². The average molecular weight is 182 g/mol. The number of rotatable bonds is 0. The van der Waals surface area contributed by atoms with Gasteiger partial charge in [0.25, 0.3) is 0 Å². The van der Waals surface area contributed by atoms with Crippen molar-refractivity contribution in [1.29, 1.82) is 0 Å². The molecule has 2 heterocycles. The molecule has 0 N–H and O–H groups in total. The lowest BCUT2D eigenvalue weighted by Gasteiger charge is -2.40. The van der Waals surface area contributed by atoms with Crippen LogP contribution in [0.4, 0.5) is 0 Å². The molecule has 1 unspecified atom stereocenters. The van der Waals surface area contributed by atoms with Crippen LogP contribution in [-0.2, 0) is 9.53 Å². The largest absolute Gasteiger partial charge is 0.462 e. The Hall–Kier alpha value is -0.530. The zero-order chi connectivity index (χ0) is 9.47. The van der Waals surface area contributed by atoms with Crippen molar-refractivity contribution in [3.8, 4) is 0 Å². The van der Waals surface area contributed by atoms with Crippen LogP contribution < -0.4 is 0 Å². The number of ether oxygens (including phenoxy) is 1. The van der Waals surface area contributed by atoms with Crippen molar-refractivity contribution in [1.82, 2.24) is 0 Å². The Morgan fingerprint density at radius 1 is 1.38 bits per heavy atom. The van der Waals surface area contributed by atoms with E-state index in [1.54, 1.807) is 0 Å². The summed E-state index contributed by atoms with van der Waals surface area (Å²) in [6.45, 7) is 4.26. The Labute approximate surface area is 79.7 Å². The molecule has 2 nitrogen and oxygen atoms in total. The van der Waals surface area contributed by atoms with Crippen molar-refractivity contribution in [2.24, 2.45) is 11.3 Å². The number of hydrogen-bond acceptors (Lipinski definition) is 2. The first-order valence-corrected chi connectivity index (χ1v) is 5.33. The van der Waals surface area contributed by atoms with Crippen LogP contribution in [0.25, 0.3) is 0 Å². The SMILES string of the molecule is CC1CCC[C@@]2(C)CC[C@@H]1OC2=O. The van der Waals surface area contributed by atoms with Gasteiger partial charge in [-0.2, -0.15) is 0 Å². The van der Waals surface area contributed by atoms with Gasteiger partial charge in [0.2, 0.25) is 0 Å². The Morgan fingerprint density at radius 3 is 2.85 bits per heavy atom. The first kappa shape index (κ1) is 9.04. The van der Waals surface area contributed by atoms with E-state index in [2.05, 4.69) is 13.8 Å². The predicted molar refractivity (Wildman–Crippen MR) is 50.2 cm³/mol. The summed E-state index contributed by atoms with van der Waals surface area (Å²) in [6.07, 6.45) is 5.73. The van der Waals surface area contributed by atoms with Gasteiger partial charge in [0.05, 0.1) is 5.41 Å². The maximum atomic E-state index is 11.7. The monoisotopic (exact) mass is 182 g/mol. The van der Waals surface area contributed by atoms with Gasteiger partial charge in [-0.1, -0.05) is 13.3 Å². The standard InChI is InChI=1S/C11H18O2/c1-8-4-3-6-11(2)7-5-9(8)13-10(11)12/h8-9H,3-7H2,1-2H3/t8?,9-,11-/m0/s1. The van der Waals surface area contributed by atoms with Gasteiger partial charge >= 0.3 is 5.97 Å². The van der Waals surface area contributed by atoms with Crippen molar-refractivity contribution in [2.45, 2.75) is 52.1 Å². The number of esters is 1. The van der Waals surface area contributed by atoms with Gasteiger partial charge in [-0.05, 0) is 38.5 Å². The molecular weight excluding hydrogens is 164 g/mol. The van der Waals surface area contributed by atoms with Gasteiger partial charge < -0.3 is 4.74 Å². The smallest absolute Gasteiger partial charge is 0.312 e. The molecule has 1 saturated carbocycles. The molecule has 0 amide bonds. The average Bonchev–Trinajstić information content (AvgIpc) is 2.08.